The molecule has 0 fully saturated rings. The summed E-state index contributed by atoms with van der Waals surface area (Å²) < 4.78 is 19.7. The fourth-order valence-electron chi connectivity index (χ4n) is 8.68. The second-order valence-electron chi connectivity index (χ2n) is 14.2. The Morgan fingerprint density at radius 2 is 1.07 bits per heavy atom. The lowest BCUT2D eigenvalue weighted by atomic mass is 9.78. The highest BCUT2D eigenvalue weighted by atomic mass is 16.5. The van der Waals surface area contributed by atoms with Gasteiger partial charge >= 0.3 is 0 Å². The van der Waals surface area contributed by atoms with Crippen molar-refractivity contribution in [3.05, 3.63) is 181 Å². The Bertz CT molecular complexity index is 3260. The molecular weight excluding hydrogens is 679 g/mol. The fourth-order valence-corrected chi connectivity index (χ4v) is 8.68. The van der Waals surface area contributed by atoms with Crippen LogP contribution in [0.15, 0.2) is 173 Å². The van der Waals surface area contributed by atoms with Gasteiger partial charge in [-0.1, -0.05) is 127 Å². The number of para-hydroxylation sites is 2. The molecule has 1 aliphatic carbocycles. The summed E-state index contributed by atoms with van der Waals surface area (Å²) in [6, 6.07) is 51.7. The zero-order valence-corrected chi connectivity index (χ0v) is 29.3. The third-order valence-corrected chi connectivity index (χ3v) is 11.1. The summed E-state index contributed by atoms with van der Waals surface area (Å²) >= 11 is 0. The summed E-state index contributed by atoms with van der Waals surface area (Å²) in [5, 5.41) is 6.50. The maximum Gasteiger partial charge on any atom is 0.164 e. The number of benzene rings is 7. The van der Waals surface area contributed by atoms with Crippen molar-refractivity contribution in [3.8, 4) is 28.5 Å². The molecule has 12 rings (SSSR count). The number of allylic oxidation sites excluding steroid dienone is 2. The van der Waals surface area contributed by atoms with Gasteiger partial charge in [-0.15, -0.1) is 0 Å². The monoisotopic (exact) mass is 707 g/mol. The number of fused-ring (bicyclic) bond motifs is 10. The molecule has 0 bridgehead atoms. The van der Waals surface area contributed by atoms with E-state index >= 15 is 0 Å². The molecule has 4 heterocycles. The zero-order chi connectivity index (χ0) is 36.0. The molecule has 2 aliphatic rings. The molecule has 0 amide bonds. The van der Waals surface area contributed by atoms with Crippen molar-refractivity contribution in [1.82, 2.24) is 15.0 Å². The van der Waals surface area contributed by atoms with Gasteiger partial charge in [0.05, 0.1) is 5.92 Å². The van der Waals surface area contributed by atoms with E-state index in [1.165, 1.54) is 5.39 Å². The largest absolute Gasteiger partial charge is 0.484 e. The van der Waals surface area contributed by atoms with Crippen LogP contribution < -0.4 is 4.74 Å². The molecule has 0 N–H and O–H groups in total. The Morgan fingerprint density at radius 1 is 0.436 bits per heavy atom. The first-order valence-electron chi connectivity index (χ1n) is 18.5. The molecule has 10 aromatic rings. The third-order valence-electron chi connectivity index (χ3n) is 11.1. The second kappa shape index (κ2) is 11.6. The standard InChI is InChI=1S/C49H29N3O3/c1-2-12-28(13-3-1)47-50-48(35-19-11-23-41-44(35)33-16-6-8-20-38(33)53-41)52-49(51-47)36-25-24-32(46-45(36)34-17-7-9-21-39(34)55-46)31-18-10-22-40-43(31)37-26-29-14-4-5-15-30(29)27-42(37)54-40/h1-27,45-46H. The van der Waals surface area contributed by atoms with Crippen molar-refractivity contribution in [2.24, 2.45) is 0 Å². The molecule has 0 radical (unpaired) electrons. The molecule has 6 nitrogen and oxygen atoms in total. The van der Waals surface area contributed by atoms with Gasteiger partial charge in [0.1, 0.15) is 34.2 Å². The molecule has 2 atom stereocenters. The van der Waals surface area contributed by atoms with Gasteiger partial charge in [0.25, 0.3) is 0 Å². The van der Waals surface area contributed by atoms with Crippen LogP contribution in [-0.4, -0.2) is 21.1 Å². The molecular formula is C49H29N3O3. The number of furan rings is 2. The fraction of sp³-hybridized carbons (Fsp3) is 0.0408. The summed E-state index contributed by atoms with van der Waals surface area (Å²) in [4.78, 5) is 15.6. The van der Waals surface area contributed by atoms with Gasteiger partial charge in [0, 0.05) is 49.4 Å². The van der Waals surface area contributed by atoms with Crippen LogP contribution in [0, 0.1) is 0 Å². The maximum atomic E-state index is 6.94. The van der Waals surface area contributed by atoms with Gasteiger partial charge in [0.15, 0.2) is 17.5 Å². The van der Waals surface area contributed by atoms with Crippen LogP contribution in [0.1, 0.15) is 22.9 Å². The van der Waals surface area contributed by atoms with Crippen LogP contribution in [-0.2, 0) is 0 Å². The number of hydrogen-bond donors (Lipinski definition) is 0. The summed E-state index contributed by atoms with van der Waals surface area (Å²) in [7, 11) is 0. The molecule has 0 saturated heterocycles. The van der Waals surface area contributed by atoms with E-state index in [1.54, 1.807) is 0 Å². The van der Waals surface area contributed by atoms with Crippen LogP contribution in [0.2, 0.25) is 0 Å². The van der Waals surface area contributed by atoms with E-state index in [4.69, 9.17) is 28.5 Å². The molecule has 2 unspecified atom stereocenters. The summed E-state index contributed by atoms with van der Waals surface area (Å²) in [6.07, 6.45) is 4.04. The van der Waals surface area contributed by atoms with Crippen molar-refractivity contribution in [1.29, 1.82) is 0 Å². The van der Waals surface area contributed by atoms with E-state index < -0.39 is 0 Å². The van der Waals surface area contributed by atoms with Crippen molar-refractivity contribution < 1.29 is 13.6 Å². The number of aromatic nitrogens is 3. The summed E-state index contributed by atoms with van der Waals surface area (Å²) in [5.74, 6) is 2.49. The first-order valence-corrected chi connectivity index (χ1v) is 18.5. The van der Waals surface area contributed by atoms with E-state index in [2.05, 4.69) is 97.1 Å². The van der Waals surface area contributed by atoms with Crippen LogP contribution in [0.5, 0.6) is 5.75 Å². The highest BCUT2D eigenvalue weighted by molar-refractivity contribution is 6.15. The van der Waals surface area contributed by atoms with E-state index in [1.807, 2.05) is 66.7 Å². The Kier molecular flexibility index (Phi) is 6.36. The Morgan fingerprint density at radius 3 is 1.95 bits per heavy atom. The van der Waals surface area contributed by atoms with Gasteiger partial charge in [-0.3, -0.25) is 0 Å². The Hall–Kier alpha value is -7.31. The van der Waals surface area contributed by atoms with Crippen LogP contribution in [0.4, 0.5) is 0 Å². The number of ether oxygens (including phenoxy) is 1. The van der Waals surface area contributed by atoms with Gasteiger partial charge in [-0.25, -0.2) is 15.0 Å². The van der Waals surface area contributed by atoms with E-state index in [0.29, 0.717) is 17.5 Å². The van der Waals surface area contributed by atoms with Crippen molar-refractivity contribution in [2.45, 2.75) is 12.0 Å². The average molecular weight is 708 g/mol. The molecule has 6 heteroatoms. The number of nitrogens with zero attached hydrogens (tertiary/aromatic N) is 3. The van der Waals surface area contributed by atoms with Gasteiger partial charge in [-0.05, 0) is 52.7 Å². The highest BCUT2D eigenvalue weighted by Gasteiger charge is 2.43. The SMILES string of the molecule is C1=C(c2cccc3oc4cc5ccccc5cc4c23)C2Oc3ccccc3C2C(c2nc(-c3ccccc3)nc(-c3cccc4oc5ccccc5c34)n2)=C1. The van der Waals surface area contributed by atoms with Crippen molar-refractivity contribution in [2.75, 3.05) is 0 Å². The number of hydrogen-bond acceptors (Lipinski definition) is 6. The smallest absolute Gasteiger partial charge is 0.164 e. The molecule has 0 spiro atoms. The summed E-state index contributed by atoms with van der Waals surface area (Å²) in [5.41, 5.74) is 9.38. The minimum Gasteiger partial charge on any atom is -0.484 e. The molecule has 55 heavy (non-hydrogen) atoms. The Balaban J connectivity index is 1.10. The first-order chi connectivity index (χ1) is 27.2. The van der Waals surface area contributed by atoms with Gasteiger partial charge in [-0.2, -0.15) is 0 Å². The van der Waals surface area contributed by atoms with Crippen LogP contribution >= 0.6 is 0 Å². The lowest BCUT2D eigenvalue weighted by molar-refractivity contribution is 0.281. The van der Waals surface area contributed by atoms with Gasteiger partial charge < -0.3 is 13.6 Å². The Labute approximate surface area is 314 Å². The summed E-state index contributed by atoms with van der Waals surface area (Å²) in [6.45, 7) is 0. The molecule has 0 saturated carbocycles. The van der Waals surface area contributed by atoms with E-state index in [0.717, 1.165) is 88.4 Å². The van der Waals surface area contributed by atoms with Crippen LogP contribution in [0.25, 0.3) is 88.6 Å². The molecule has 7 aromatic carbocycles. The van der Waals surface area contributed by atoms with Gasteiger partial charge in [0.2, 0.25) is 0 Å². The predicted octanol–water partition coefficient (Wildman–Crippen LogP) is 12.2. The van der Waals surface area contributed by atoms with Crippen LogP contribution in [0.3, 0.4) is 0 Å². The van der Waals surface area contributed by atoms with Crippen molar-refractivity contribution in [3.63, 3.8) is 0 Å². The molecule has 258 valence electrons. The highest BCUT2D eigenvalue weighted by Crippen LogP contribution is 2.53. The maximum absolute atomic E-state index is 6.94. The molecule has 1 aliphatic heterocycles. The average Bonchev–Trinajstić information content (AvgIpc) is 3.94. The minimum absolute atomic E-state index is 0.171. The van der Waals surface area contributed by atoms with E-state index in [-0.39, 0.29) is 12.0 Å². The van der Waals surface area contributed by atoms with Crippen molar-refractivity contribution >= 4 is 65.8 Å². The third kappa shape index (κ3) is 4.58. The topological polar surface area (TPSA) is 74.2 Å². The predicted molar refractivity (Wildman–Crippen MR) is 219 cm³/mol. The first kappa shape index (κ1) is 30.2. The zero-order valence-electron chi connectivity index (χ0n) is 29.3. The normalized spacial score (nSPS) is 16.4. The quantitative estimate of drug-likeness (QED) is 0.181. The second-order valence-corrected chi connectivity index (χ2v) is 14.2. The molecule has 3 aromatic heterocycles. The lowest BCUT2D eigenvalue weighted by Crippen LogP contribution is -2.25. The lowest BCUT2D eigenvalue weighted by Gasteiger charge is -2.28. The number of rotatable bonds is 4. The van der Waals surface area contributed by atoms with E-state index in [9.17, 15) is 0 Å². The minimum atomic E-state index is -0.324.